The van der Waals surface area contributed by atoms with Gasteiger partial charge in [0, 0.05) is 6.42 Å². The Morgan fingerprint density at radius 1 is 0.552 bits per heavy atom. The van der Waals surface area contributed by atoms with E-state index in [1.807, 2.05) is 27.2 Å². The van der Waals surface area contributed by atoms with Crippen LogP contribution in [0.1, 0.15) is 232 Å². The van der Waals surface area contributed by atoms with Crippen molar-refractivity contribution in [2.45, 2.75) is 238 Å². The first kappa shape index (κ1) is 56.5. The minimum absolute atomic E-state index is 0.128. The van der Waals surface area contributed by atoms with Gasteiger partial charge in [-0.05, 0) is 51.0 Å². The number of ether oxygens (including phenoxy) is 2. The second kappa shape index (κ2) is 40.9. The molecule has 0 amide bonds. The number of esters is 1. The zero-order chi connectivity index (χ0) is 42.8. The second-order valence-corrected chi connectivity index (χ2v) is 19.5. The van der Waals surface area contributed by atoms with Crippen molar-refractivity contribution < 1.29 is 37.5 Å². The predicted octanol–water partition coefficient (Wildman–Crippen LogP) is 14.1. The highest BCUT2D eigenvalue weighted by atomic mass is 31.2. The van der Waals surface area contributed by atoms with Crippen molar-refractivity contribution in [3.05, 3.63) is 24.5 Å². The molecule has 8 nitrogen and oxygen atoms in total. The van der Waals surface area contributed by atoms with Crippen molar-refractivity contribution >= 4 is 19.1 Å². The Balaban J connectivity index is 4.28. The van der Waals surface area contributed by atoms with Crippen molar-refractivity contribution in [3.63, 3.8) is 0 Å². The summed E-state index contributed by atoms with van der Waals surface area (Å²) >= 11 is 0. The minimum atomic E-state index is -4.93. The summed E-state index contributed by atoms with van der Waals surface area (Å²) in [6, 6.07) is 0. The Bertz CT molecular complexity index is 1040. The molecule has 2 unspecified atom stereocenters. The Morgan fingerprint density at radius 2 is 0.914 bits per heavy atom. The highest BCUT2D eigenvalue weighted by molar-refractivity contribution is 7.69. The van der Waals surface area contributed by atoms with Crippen LogP contribution in [0.5, 0.6) is 0 Å². The molecule has 0 radical (unpaired) electrons. The Hall–Kier alpha value is -1.47. The van der Waals surface area contributed by atoms with Gasteiger partial charge in [0.15, 0.2) is 0 Å². The molecule has 0 aromatic rings. The van der Waals surface area contributed by atoms with Crippen LogP contribution in [0.15, 0.2) is 24.5 Å². The molecule has 0 aliphatic rings. The summed E-state index contributed by atoms with van der Waals surface area (Å²) in [6.07, 6.45) is 47.9. The molecule has 0 fully saturated rings. The largest absolute Gasteiger partial charge is 0.773 e. The maximum absolute atomic E-state index is 13.0. The van der Waals surface area contributed by atoms with Gasteiger partial charge in [-0.25, -0.2) is 0 Å². The molecule has 0 heterocycles. The van der Waals surface area contributed by atoms with Gasteiger partial charge in [0.05, 0.1) is 27.4 Å². The number of rotatable bonds is 45. The summed E-state index contributed by atoms with van der Waals surface area (Å²) in [5.74, 6) is -0.594. The maximum atomic E-state index is 13.0. The van der Waals surface area contributed by atoms with Gasteiger partial charge in [0.2, 0.25) is 19.2 Å². The minimum Gasteiger partial charge on any atom is -0.773 e. The Morgan fingerprint density at radius 3 is 1.31 bits per heavy atom. The number of carbonyl (C=O) groups excluding carboxylic acids is 2. The molecular weight excluding hydrogens is 746 g/mol. The Kier molecular flexibility index (Phi) is 39.9. The lowest BCUT2D eigenvalue weighted by Crippen LogP contribution is -2.39. The van der Waals surface area contributed by atoms with E-state index in [0.717, 1.165) is 51.4 Å². The molecule has 9 heteroatoms. The van der Waals surface area contributed by atoms with E-state index >= 15 is 0 Å². The fourth-order valence-electron chi connectivity index (χ4n) is 7.01. The molecule has 0 spiro atoms. The van der Waals surface area contributed by atoms with E-state index in [1.165, 1.54) is 160 Å². The lowest BCUT2D eigenvalue weighted by atomic mass is 10.0. The molecule has 0 bridgehead atoms. The molecule has 0 aliphatic heterocycles. The topological polar surface area (TPSA) is 102 Å². The zero-order valence-corrected chi connectivity index (χ0v) is 39.7. The van der Waals surface area contributed by atoms with E-state index in [4.69, 9.17) is 14.0 Å². The molecule has 0 aliphatic carbocycles. The van der Waals surface area contributed by atoms with Gasteiger partial charge in [-0.3, -0.25) is 9.59 Å². The lowest BCUT2D eigenvalue weighted by Gasteiger charge is -2.28. The van der Waals surface area contributed by atoms with Crippen molar-refractivity contribution in [1.82, 2.24) is 0 Å². The molecule has 58 heavy (non-hydrogen) atoms. The van der Waals surface area contributed by atoms with Gasteiger partial charge < -0.3 is 27.9 Å². The third-order valence-corrected chi connectivity index (χ3v) is 12.2. The highest BCUT2D eigenvalue weighted by Crippen LogP contribution is 2.40. The van der Waals surface area contributed by atoms with E-state index in [1.54, 1.807) is 0 Å². The number of unbranched alkanes of at least 4 members (excludes halogenated alkanes) is 30. The summed E-state index contributed by atoms with van der Waals surface area (Å²) in [5, 5.41) is 0. The number of hydrogen-bond donors (Lipinski definition) is 0. The van der Waals surface area contributed by atoms with E-state index < -0.39 is 25.2 Å². The summed E-state index contributed by atoms with van der Waals surface area (Å²) in [5.41, 5.74) is -1.25. The standard InChI is InChI=1S/C49H94NO7P/c1-6-8-10-12-14-16-18-20-22-23-24-25-26-27-29-31-33-35-37-39-41-44-55-46-47(49(52)58(53,54)56-45-43-50(3,4)5)57-48(51)42-40-38-36-34-32-30-28-21-19-17-15-13-11-9-7-2/h21,28,41,44,47H,6-20,22-27,29-40,42-43,45-46H2,1-5H3/b28-21-,44-41?. The van der Waals surface area contributed by atoms with Gasteiger partial charge in [-0.15, -0.1) is 0 Å². The van der Waals surface area contributed by atoms with Crippen LogP contribution in [-0.4, -0.2) is 63.0 Å². The summed E-state index contributed by atoms with van der Waals surface area (Å²) in [7, 11) is 0.786. The number of allylic oxidation sites excluding steroid dienone is 3. The SMILES string of the molecule is CCCCCCCC/C=C\CCCCCCCC(=O)OC(COC=CCCCCCCCCCCCCCCCCCCCCC)C(=O)P(=O)([O-])OCC[N+](C)(C)C. The van der Waals surface area contributed by atoms with Gasteiger partial charge in [-0.2, -0.15) is 0 Å². The normalized spacial score (nSPS) is 13.7. The second-order valence-electron chi connectivity index (χ2n) is 17.9. The van der Waals surface area contributed by atoms with Crippen LogP contribution in [0.25, 0.3) is 0 Å². The first-order valence-corrected chi connectivity index (χ1v) is 26.0. The van der Waals surface area contributed by atoms with Crippen molar-refractivity contribution in [1.29, 1.82) is 0 Å². The molecule has 0 saturated heterocycles. The molecular formula is C49H94NO7P. The maximum Gasteiger partial charge on any atom is 0.306 e. The number of nitrogens with zero attached hydrogens (tertiary/aromatic N) is 1. The van der Waals surface area contributed by atoms with Gasteiger partial charge >= 0.3 is 5.97 Å². The van der Waals surface area contributed by atoms with E-state index in [2.05, 4.69) is 26.0 Å². The lowest BCUT2D eigenvalue weighted by molar-refractivity contribution is -0.870. The van der Waals surface area contributed by atoms with Crippen LogP contribution in [0.3, 0.4) is 0 Å². The summed E-state index contributed by atoms with van der Waals surface area (Å²) in [6.45, 7) is 4.43. The summed E-state index contributed by atoms with van der Waals surface area (Å²) in [4.78, 5) is 38.5. The third-order valence-electron chi connectivity index (χ3n) is 10.9. The molecule has 0 aromatic heterocycles. The van der Waals surface area contributed by atoms with Crippen molar-refractivity contribution in [2.24, 2.45) is 0 Å². The van der Waals surface area contributed by atoms with Gasteiger partial charge in [0.25, 0.3) is 0 Å². The molecule has 0 aromatic carbocycles. The molecule has 342 valence electrons. The molecule has 2 atom stereocenters. The van der Waals surface area contributed by atoms with Crippen molar-refractivity contribution in [3.8, 4) is 0 Å². The number of carbonyl (C=O) groups is 2. The average Bonchev–Trinajstić information content (AvgIpc) is 3.18. The van der Waals surface area contributed by atoms with Crippen LogP contribution in [0, 0.1) is 0 Å². The van der Waals surface area contributed by atoms with Crippen LogP contribution in [0.4, 0.5) is 0 Å². The van der Waals surface area contributed by atoms with Gasteiger partial charge in [0.1, 0.15) is 19.8 Å². The van der Waals surface area contributed by atoms with Crippen LogP contribution in [0.2, 0.25) is 0 Å². The molecule has 0 rings (SSSR count). The number of quaternary nitrogens is 1. The predicted molar refractivity (Wildman–Crippen MR) is 244 cm³/mol. The smallest absolute Gasteiger partial charge is 0.306 e. The monoisotopic (exact) mass is 840 g/mol. The summed E-state index contributed by atoms with van der Waals surface area (Å²) < 4.78 is 29.2. The van der Waals surface area contributed by atoms with Crippen molar-refractivity contribution in [2.75, 3.05) is 40.9 Å². The first-order chi connectivity index (χ1) is 28.0. The quantitative estimate of drug-likeness (QED) is 0.0150. The number of likely N-dealkylation sites (N-methyl/N-ethyl adjacent to an activating group) is 1. The number of hydrogen-bond acceptors (Lipinski definition) is 7. The van der Waals surface area contributed by atoms with Gasteiger partial charge in [-0.1, -0.05) is 193 Å². The van der Waals surface area contributed by atoms with E-state index in [-0.39, 0.29) is 19.6 Å². The van der Waals surface area contributed by atoms with E-state index in [0.29, 0.717) is 17.4 Å². The average molecular weight is 840 g/mol. The van der Waals surface area contributed by atoms with Crippen LogP contribution in [-0.2, 0) is 28.2 Å². The highest BCUT2D eigenvalue weighted by Gasteiger charge is 2.33. The van der Waals surface area contributed by atoms with E-state index in [9.17, 15) is 19.0 Å². The first-order valence-electron chi connectivity index (χ1n) is 24.4. The molecule has 0 N–H and O–H groups in total. The fourth-order valence-corrected chi connectivity index (χ4v) is 7.94. The fraction of sp³-hybridized carbons (Fsp3) is 0.878. The third kappa shape index (κ3) is 40.0. The van der Waals surface area contributed by atoms with Crippen LogP contribution < -0.4 is 4.89 Å². The zero-order valence-electron chi connectivity index (χ0n) is 38.8. The Labute approximate surface area is 359 Å². The van der Waals surface area contributed by atoms with Crippen LogP contribution >= 0.6 is 7.60 Å². The molecule has 0 saturated carbocycles.